The van der Waals surface area contributed by atoms with Crippen molar-refractivity contribution >= 4 is 53.4 Å². The van der Waals surface area contributed by atoms with Gasteiger partial charge in [0.1, 0.15) is 5.52 Å². The highest BCUT2D eigenvalue weighted by molar-refractivity contribution is 7.26. The van der Waals surface area contributed by atoms with Crippen molar-refractivity contribution in [1.82, 2.24) is 19.9 Å². The van der Waals surface area contributed by atoms with E-state index in [9.17, 15) is 0 Å². The number of hydrogen-bond acceptors (Lipinski definition) is 6. The quantitative estimate of drug-likeness (QED) is 0.184. The lowest BCUT2D eigenvalue weighted by molar-refractivity contribution is 0.620. The molecule has 0 unspecified atom stereocenters. The fourth-order valence-corrected chi connectivity index (χ4v) is 7.82. The summed E-state index contributed by atoms with van der Waals surface area (Å²) in [6, 6.07) is 54.2. The van der Waals surface area contributed by atoms with Crippen LogP contribution >= 0.6 is 11.3 Å². The molecule has 0 radical (unpaired) electrons. The van der Waals surface area contributed by atoms with Crippen molar-refractivity contribution in [1.29, 1.82) is 0 Å². The van der Waals surface area contributed by atoms with Gasteiger partial charge < -0.3 is 4.42 Å². The number of hydrogen-bond donors (Lipinski definition) is 0. The lowest BCUT2D eigenvalue weighted by Gasteiger charge is -2.10. The van der Waals surface area contributed by atoms with E-state index in [0.717, 1.165) is 64.3 Å². The molecule has 0 bridgehead atoms. The minimum Gasteiger partial charge on any atom is -0.436 e. The number of thiophene rings is 1. The van der Waals surface area contributed by atoms with E-state index in [-0.39, 0.29) is 0 Å². The monoisotopic (exact) mass is 658 g/mol. The van der Waals surface area contributed by atoms with Crippen LogP contribution in [0.4, 0.5) is 0 Å². The van der Waals surface area contributed by atoms with Gasteiger partial charge in [-0.3, -0.25) is 0 Å². The molecule has 0 aliphatic rings. The van der Waals surface area contributed by atoms with Gasteiger partial charge in [-0.2, -0.15) is 0 Å². The Morgan fingerprint density at radius 2 is 1.06 bits per heavy atom. The SMILES string of the molecule is c1ccc(-c2ccc3ccc(-c4nc(-c5ccccc5)nc(-c5cccc6sc7cc8oc(-c9ccccc9)nc8cc7c56)n4)cc3c2)cc1. The molecule has 0 aliphatic carbocycles. The van der Waals surface area contributed by atoms with Gasteiger partial charge in [0, 0.05) is 48.5 Å². The maximum Gasteiger partial charge on any atom is 0.227 e. The second-order valence-electron chi connectivity index (χ2n) is 12.3. The summed E-state index contributed by atoms with van der Waals surface area (Å²) in [5.41, 5.74) is 7.71. The van der Waals surface area contributed by atoms with Crippen molar-refractivity contribution in [3.8, 4) is 56.7 Å². The van der Waals surface area contributed by atoms with Crippen LogP contribution in [0.3, 0.4) is 0 Å². The van der Waals surface area contributed by atoms with Gasteiger partial charge in [-0.25, -0.2) is 19.9 Å². The lowest BCUT2D eigenvalue weighted by Crippen LogP contribution is -2.00. The maximum absolute atomic E-state index is 6.23. The average molecular weight is 659 g/mol. The van der Waals surface area contributed by atoms with Gasteiger partial charge in [-0.1, -0.05) is 115 Å². The molecule has 0 N–H and O–H groups in total. The van der Waals surface area contributed by atoms with Crippen molar-refractivity contribution in [3.63, 3.8) is 0 Å². The van der Waals surface area contributed by atoms with E-state index in [1.165, 1.54) is 11.1 Å². The van der Waals surface area contributed by atoms with Gasteiger partial charge in [0.25, 0.3) is 0 Å². The van der Waals surface area contributed by atoms with E-state index in [0.29, 0.717) is 23.4 Å². The van der Waals surface area contributed by atoms with Crippen LogP contribution in [0.2, 0.25) is 0 Å². The molecule has 0 atom stereocenters. The average Bonchev–Trinajstić information content (AvgIpc) is 3.78. The predicted octanol–water partition coefficient (Wildman–Crippen LogP) is 11.9. The summed E-state index contributed by atoms with van der Waals surface area (Å²) < 4.78 is 8.50. The molecular weight excluding hydrogens is 633 g/mol. The summed E-state index contributed by atoms with van der Waals surface area (Å²) in [7, 11) is 0. The Kier molecular flexibility index (Phi) is 6.60. The maximum atomic E-state index is 6.23. The summed E-state index contributed by atoms with van der Waals surface area (Å²) in [6.07, 6.45) is 0. The number of oxazole rings is 1. The van der Waals surface area contributed by atoms with Crippen LogP contribution in [0.15, 0.2) is 162 Å². The van der Waals surface area contributed by atoms with E-state index >= 15 is 0 Å². The summed E-state index contributed by atoms with van der Waals surface area (Å²) >= 11 is 1.73. The zero-order valence-corrected chi connectivity index (χ0v) is 27.4. The number of rotatable bonds is 5. The van der Waals surface area contributed by atoms with E-state index in [1.54, 1.807) is 11.3 Å². The summed E-state index contributed by atoms with van der Waals surface area (Å²) in [5, 5.41) is 4.49. The Morgan fingerprint density at radius 3 is 1.82 bits per heavy atom. The number of nitrogens with zero attached hydrogens (tertiary/aromatic N) is 4. The minimum atomic E-state index is 0.615. The van der Waals surface area contributed by atoms with Crippen molar-refractivity contribution in [2.45, 2.75) is 0 Å². The van der Waals surface area contributed by atoms with E-state index in [4.69, 9.17) is 24.4 Å². The Balaban J connectivity index is 1.16. The number of aromatic nitrogens is 4. The molecular formula is C44H26N4OS. The third-order valence-corrected chi connectivity index (χ3v) is 10.3. The number of benzene rings is 7. The van der Waals surface area contributed by atoms with Crippen LogP contribution in [-0.4, -0.2) is 19.9 Å². The Morgan fingerprint density at radius 1 is 0.420 bits per heavy atom. The molecule has 6 heteroatoms. The molecule has 0 saturated carbocycles. The van der Waals surface area contributed by atoms with Crippen molar-refractivity contribution in [2.24, 2.45) is 0 Å². The minimum absolute atomic E-state index is 0.615. The molecule has 0 amide bonds. The molecule has 5 nitrogen and oxygen atoms in total. The van der Waals surface area contributed by atoms with Crippen molar-refractivity contribution < 1.29 is 4.42 Å². The first-order chi connectivity index (χ1) is 24.7. The van der Waals surface area contributed by atoms with Crippen LogP contribution in [0.5, 0.6) is 0 Å². The zero-order valence-electron chi connectivity index (χ0n) is 26.6. The molecule has 0 saturated heterocycles. The van der Waals surface area contributed by atoms with E-state index in [1.807, 2.05) is 66.7 Å². The van der Waals surface area contributed by atoms with Crippen LogP contribution in [0.25, 0.3) is 98.8 Å². The molecule has 0 spiro atoms. The molecule has 3 aromatic heterocycles. The van der Waals surface area contributed by atoms with Crippen molar-refractivity contribution in [3.05, 3.63) is 158 Å². The first-order valence-corrected chi connectivity index (χ1v) is 17.3. The Labute approximate surface area is 291 Å². The first-order valence-electron chi connectivity index (χ1n) is 16.5. The normalized spacial score (nSPS) is 11.6. The van der Waals surface area contributed by atoms with Gasteiger partial charge >= 0.3 is 0 Å². The summed E-state index contributed by atoms with van der Waals surface area (Å²) in [6.45, 7) is 0. The van der Waals surface area contributed by atoms with Gasteiger partial charge in [-0.15, -0.1) is 11.3 Å². The summed E-state index contributed by atoms with van der Waals surface area (Å²) in [4.78, 5) is 20.2. The van der Waals surface area contributed by atoms with Crippen LogP contribution in [-0.2, 0) is 0 Å². The predicted molar refractivity (Wildman–Crippen MR) is 205 cm³/mol. The molecule has 7 aromatic carbocycles. The van der Waals surface area contributed by atoms with E-state index in [2.05, 4.69) is 91.0 Å². The van der Waals surface area contributed by atoms with Gasteiger partial charge in [0.2, 0.25) is 5.89 Å². The van der Waals surface area contributed by atoms with Crippen molar-refractivity contribution in [2.75, 3.05) is 0 Å². The third kappa shape index (κ3) is 4.93. The molecule has 3 heterocycles. The van der Waals surface area contributed by atoms with Gasteiger partial charge in [0.05, 0.1) is 0 Å². The topological polar surface area (TPSA) is 64.7 Å². The zero-order chi connectivity index (χ0) is 33.0. The molecule has 0 fully saturated rings. The van der Waals surface area contributed by atoms with Crippen LogP contribution < -0.4 is 0 Å². The highest BCUT2D eigenvalue weighted by Crippen LogP contribution is 2.42. The lowest BCUT2D eigenvalue weighted by atomic mass is 9.99. The Bertz CT molecular complexity index is 2860. The smallest absolute Gasteiger partial charge is 0.227 e. The van der Waals surface area contributed by atoms with Crippen LogP contribution in [0, 0.1) is 0 Å². The number of fused-ring (bicyclic) bond motifs is 5. The standard InChI is InChI=1S/C44H26N4OS/c1-4-11-27(12-5-1)31-21-19-28-20-22-32(24-33(28)23-31)42-46-41(29-13-6-2-7-14-29)47-43(48-42)34-17-10-18-38-40(34)35-25-36-37(26-39(35)50-38)49-44(45-36)30-15-8-3-9-16-30/h1-26H. The highest BCUT2D eigenvalue weighted by Gasteiger charge is 2.19. The second-order valence-corrected chi connectivity index (χ2v) is 13.4. The molecule has 234 valence electrons. The Hall–Kier alpha value is -6.50. The first kappa shape index (κ1) is 28.5. The third-order valence-electron chi connectivity index (χ3n) is 9.14. The van der Waals surface area contributed by atoms with Gasteiger partial charge in [-0.05, 0) is 58.3 Å². The molecule has 10 rings (SSSR count). The largest absolute Gasteiger partial charge is 0.436 e. The highest BCUT2D eigenvalue weighted by atomic mass is 32.1. The van der Waals surface area contributed by atoms with Crippen LogP contribution in [0.1, 0.15) is 0 Å². The summed E-state index contributed by atoms with van der Waals surface area (Å²) in [5.74, 6) is 2.50. The fourth-order valence-electron chi connectivity index (χ4n) is 6.68. The van der Waals surface area contributed by atoms with E-state index < -0.39 is 0 Å². The fraction of sp³-hybridized carbons (Fsp3) is 0. The second kappa shape index (κ2) is 11.6. The molecule has 0 aliphatic heterocycles. The molecule has 10 aromatic rings. The molecule has 50 heavy (non-hydrogen) atoms. The van der Waals surface area contributed by atoms with Gasteiger partial charge in [0.15, 0.2) is 23.1 Å².